The third-order valence-electron chi connectivity index (χ3n) is 4.81. The molecule has 2 heterocycles. The van der Waals surface area contributed by atoms with Gasteiger partial charge >= 0.3 is 0 Å². The van der Waals surface area contributed by atoms with Crippen LogP contribution in [0.1, 0.15) is 38.8 Å². The predicted molar refractivity (Wildman–Crippen MR) is 82.1 cm³/mol. The molecule has 0 aromatic heterocycles. The summed E-state index contributed by atoms with van der Waals surface area (Å²) in [4.78, 5) is 2.68. The van der Waals surface area contributed by atoms with Gasteiger partial charge in [0.1, 0.15) is 12.4 Å². The number of fused-ring (bicyclic) bond motifs is 1. The van der Waals surface area contributed by atoms with E-state index in [-0.39, 0.29) is 0 Å². The quantitative estimate of drug-likeness (QED) is 0.917. The maximum atomic E-state index is 5.90. The van der Waals surface area contributed by atoms with E-state index in [1.165, 1.54) is 12.0 Å². The molecule has 0 saturated carbocycles. The number of nitrogens with zero attached hydrogens (tertiary/aromatic N) is 1. The van der Waals surface area contributed by atoms with Gasteiger partial charge < -0.3 is 10.1 Å². The maximum absolute atomic E-state index is 5.90. The Morgan fingerprint density at radius 1 is 1.35 bits per heavy atom. The summed E-state index contributed by atoms with van der Waals surface area (Å²) in [6.45, 7) is 9.95. The van der Waals surface area contributed by atoms with Crippen LogP contribution < -0.4 is 10.1 Å². The van der Waals surface area contributed by atoms with Crippen LogP contribution in [0.15, 0.2) is 24.3 Å². The normalized spacial score (nSPS) is 30.3. The first-order valence-electron chi connectivity index (χ1n) is 7.91. The van der Waals surface area contributed by atoms with Gasteiger partial charge in [-0.2, -0.15) is 0 Å². The van der Waals surface area contributed by atoms with Crippen LogP contribution in [0.5, 0.6) is 5.75 Å². The van der Waals surface area contributed by atoms with E-state index >= 15 is 0 Å². The molecule has 0 spiro atoms. The Morgan fingerprint density at radius 2 is 2.15 bits per heavy atom. The highest BCUT2D eigenvalue weighted by Gasteiger charge is 2.38. The molecule has 1 aromatic rings. The number of ether oxygens (including phenoxy) is 1. The zero-order valence-electron chi connectivity index (χ0n) is 12.8. The van der Waals surface area contributed by atoms with Crippen LogP contribution in [0.25, 0.3) is 0 Å². The minimum atomic E-state index is 0.426. The Kier molecular flexibility index (Phi) is 3.99. The fraction of sp³-hybridized carbons (Fsp3) is 0.647. The number of hydrogen-bond acceptors (Lipinski definition) is 3. The summed E-state index contributed by atoms with van der Waals surface area (Å²) < 4.78 is 5.90. The van der Waals surface area contributed by atoms with Gasteiger partial charge in [0, 0.05) is 30.7 Å². The Morgan fingerprint density at radius 3 is 2.90 bits per heavy atom. The summed E-state index contributed by atoms with van der Waals surface area (Å²) in [6, 6.07) is 10.1. The third kappa shape index (κ3) is 2.45. The molecule has 20 heavy (non-hydrogen) atoms. The van der Waals surface area contributed by atoms with Gasteiger partial charge in [-0.25, -0.2) is 0 Å². The van der Waals surface area contributed by atoms with E-state index in [1.807, 2.05) is 0 Å². The average molecular weight is 274 g/mol. The molecule has 0 amide bonds. The van der Waals surface area contributed by atoms with Gasteiger partial charge in [0.05, 0.1) is 6.04 Å². The summed E-state index contributed by atoms with van der Waals surface area (Å²) in [7, 11) is 0. The van der Waals surface area contributed by atoms with Gasteiger partial charge in [0.2, 0.25) is 0 Å². The lowest BCUT2D eigenvalue weighted by molar-refractivity contribution is 0.0447. The molecule has 1 aromatic carbocycles. The second kappa shape index (κ2) is 5.74. The number of hydrogen-bond donors (Lipinski definition) is 1. The molecule has 3 nitrogen and oxygen atoms in total. The molecule has 3 heteroatoms. The molecule has 1 saturated heterocycles. The lowest BCUT2D eigenvalue weighted by Crippen LogP contribution is -2.59. The van der Waals surface area contributed by atoms with E-state index in [9.17, 15) is 0 Å². The van der Waals surface area contributed by atoms with Crippen LogP contribution in [0, 0.1) is 5.92 Å². The summed E-state index contributed by atoms with van der Waals surface area (Å²) in [5.74, 6) is 1.74. The molecule has 1 fully saturated rings. The molecule has 3 unspecified atom stereocenters. The molecule has 0 aliphatic carbocycles. The number of piperazine rings is 1. The number of para-hydroxylation sites is 1. The van der Waals surface area contributed by atoms with Crippen molar-refractivity contribution >= 4 is 0 Å². The second-order valence-corrected chi connectivity index (χ2v) is 6.39. The van der Waals surface area contributed by atoms with E-state index in [0.29, 0.717) is 24.0 Å². The van der Waals surface area contributed by atoms with Crippen LogP contribution in [-0.4, -0.2) is 36.7 Å². The lowest BCUT2D eigenvalue weighted by atomic mass is 9.94. The van der Waals surface area contributed by atoms with Crippen molar-refractivity contribution in [2.75, 3.05) is 19.7 Å². The number of nitrogens with one attached hydrogen (secondary N) is 1. The first-order chi connectivity index (χ1) is 9.70. The van der Waals surface area contributed by atoms with Crippen molar-refractivity contribution in [2.24, 2.45) is 5.92 Å². The van der Waals surface area contributed by atoms with E-state index in [4.69, 9.17) is 4.74 Å². The van der Waals surface area contributed by atoms with Crippen molar-refractivity contribution in [2.45, 2.75) is 45.3 Å². The Balaban J connectivity index is 1.86. The molecule has 110 valence electrons. The van der Waals surface area contributed by atoms with E-state index in [1.54, 1.807) is 0 Å². The van der Waals surface area contributed by atoms with Gasteiger partial charge in [-0.05, 0) is 18.4 Å². The smallest absolute Gasteiger partial charge is 0.124 e. The summed E-state index contributed by atoms with van der Waals surface area (Å²) in [6.07, 6.45) is 1.19. The molecular formula is C17H26N2O. The number of rotatable bonds is 3. The zero-order chi connectivity index (χ0) is 14.1. The van der Waals surface area contributed by atoms with Gasteiger partial charge in [-0.1, -0.05) is 39.0 Å². The SMILES string of the molecule is CCC1CN(C2COc3ccccc32)C(C(C)C)CN1. The van der Waals surface area contributed by atoms with Gasteiger partial charge in [0.15, 0.2) is 0 Å². The second-order valence-electron chi connectivity index (χ2n) is 6.39. The van der Waals surface area contributed by atoms with Crippen molar-refractivity contribution < 1.29 is 4.74 Å². The fourth-order valence-electron chi connectivity index (χ4n) is 3.53. The molecule has 0 radical (unpaired) electrons. The van der Waals surface area contributed by atoms with Crippen molar-refractivity contribution in [1.29, 1.82) is 0 Å². The van der Waals surface area contributed by atoms with Crippen LogP contribution in [0.2, 0.25) is 0 Å². The van der Waals surface area contributed by atoms with Gasteiger partial charge in [0.25, 0.3) is 0 Å². The Hall–Kier alpha value is -1.06. The Bertz CT molecular complexity index is 460. The monoisotopic (exact) mass is 274 g/mol. The maximum Gasteiger partial charge on any atom is 0.124 e. The lowest BCUT2D eigenvalue weighted by Gasteiger charge is -2.45. The number of benzene rings is 1. The molecule has 3 rings (SSSR count). The van der Waals surface area contributed by atoms with Gasteiger partial charge in [-0.15, -0.1) is 0 Å². The molecule has 3 atom stereocenters. The highest BCUT2D eigenvalue weighted by atomic mass is 16.5. The van der Waals surface area contributed by atoms with E-state index in [2.05, 4.69) is 55.3 Å². The molecule has 2 aliphatic heterocycles. The van der Waals surface area contributed by atoms with Crippen molar-refractivity contribution in [3.63, 3.8) is 0 Å². The van der Waals surface area contributed by atoms with Crippen LogP contribution in [-0.2, 0) is 0 Å². The van der Waals surface area contributed by atoms with Crippen LogP contribution in [0.3, 0.4) is 0 Å². The summed E-state index contributed by atoms with van der Waals surface area (Å²) >= 11 is 0. The molecule has 2 aliphatic rings. The fourth-order valence-corrected chi connectivity index (χ4v) is 3.53. The van der Waals surface area contributed by atoms with Crippen LogP contribution in [0.4, 0.5) is 0 Å². The largest absolute Gasteiger partial charge is 0.491 e. The van der Waals surface area contributed by atoms with Crippen LogP contribution >= 0.6 is 0 Å². The Labute approximate surface area is 122 Å². The van der Waals surface area contributed by atoms with Crippen molar-refractivity contribution in [3.8, 4) is 5.75 Å². The highest BCUT2D eigenvalue weighted by molar-refractivity contribution is 5.39. The average Bonchev–Trinajstić information content (AvgIpc) is 2.90. The first-order valence-corrected chi connectivity index (χ1v) is 7.91. The van der Waals surface area contributed by atoms with E-state index < -0.39 is 0 Å². The summed E-state index contributed by atoms with van der Waals surface area (Å²) in [5, 5.41) is 3.70. The van der Waals surface area contributed by atoms with Crippen molar-refractivity contribution in [3.05, 3.63) is 29.8 Å². The standard InChI is InChI=1S/C17H26N2O/c1-4-13-10-19(15(9-18-13)12(2)3)16-11-20-17-8-6-5-7-14(16)17/h5-8,12-13,15-16,18H,4,9-11H2,1-3H3. The minimum absolute atomic E-state index is 0.426. The third-order valence-corrected chi connectivity index (χ3v) is 4.81. The molecular weight excluding hydrogens is 248 g/mol. The predicted octanol–water partition coefficient (Wildman–Crippen LogP) is 2.83. The highest BCUT2D eigenvalue weighted by Crippen LogP contribution is 2.38. The van der Waals surface area contributed by atoms with Crippen molar-refractivity contribution in [1.82, 2.24) is 10.2 Å². The molecule has 1 N–H and O–H groups in total. The molecule has 0 bridgehead atoms. The minimum Gasteiger partial charge on any atom is -0.491 e. The topological polar surface area (TPSA) is 24.5 Å². The van der Waals surface area contributed by atoms with E-state index in [0.717, 1.165) is 25.4 Å². The van der Waals surface area contributed by atoms with Gasteiger partial charge in [-0.3, -0.25) is 4.90 Å². The zero-order valence-corrected chi connectivity index (χ0v) is 12.8. The first kappa shape index (κ1) is 13.9. The summed E-state index contributed by atoms with van der Waals surface area (Å²) in [5.41, 5.74) is 1.37.